The van der Waals surface area contributed by atoms with E-state index in [1.165, 1.54) is 0 Å². The maximum Gasteiger partial charge on any atom is 0.177 e. The van der Waals surface area contributed by atoms with Gasteiger partial charge in [0.15, 0.2) is 4.77 Å². The third-order valence-electron chi connectivity index (χ3n) is 1.39. The minimum atomic E-state index is 0.0193. The molecule has 0 aliphatic carbocycles. The lowest BCUT2D eigenvalue weighted by Crippen LogP contribution is -2.10. The van der Waals surface area contributed by atoms with Crippen molar-refractivity contribution in [1.82, 2.24) is 9.97 Å². The first-order valence-corrected chi connectivity index (χ1v) is 4.43. The molecule has 13 heavy (non-hydrogen) atoms. The Kier molecular flexibility index (Phi) is 3.40. The van der Waals surface area contributed by atoms with Crippen LogP contribution < -0.4 is 11.1 Å². The van der Waals surface area contributed by atoms with E-state index in [1.54, 1.807) is 0 Å². The molecule has 0 aliphatic rings. The fraction of sp³-hybridized carbons (Fsp3) is 0.333. The molecule has 0 radical (unpaired) electrons. The molecule has 6 N–H and O–H groups in total. The molecule has 0 saturated carbocycles. The molecular weight excluding hydrogens is 208 g/mol. The number of hydrogen-bond donors (Lipinski definition) is 5. The zero-order valence-corrected chi connectivity index (χ0v) is 8.39. The van der Waals surface area contributed by atoms with Gasteiger partial charge in [-0.25, -0.2) is 0 Å². The molecule has 5 nitrogen and oxygen atoms in total. The molecule has 0 atom stereocenters. The van der Waals surface area contributed by atoms with Gasteiger partial charge in [-0.15, -0.1) is 0 Å². The first-order chi connectivity index (χ1) is 6.15. The number of nitrogens with one attached hydrogen (secondary N) is 3. The minimum absolute atomic E-state index is 0.0193. The number of nitrogens with two attached hydrogens (primary N) is 1. The lowest BCUT2D eigenvalue weighted by atomic mass is 10.5. The zero-order chi connectivity index (χ0) is 9.84. The standard InChI is InChI=1S/C6H10N4OS2/c7-3-4(8-1-2-11)9-6(13)10-5(3)12/h11H,1-2,7H2,(H3,8,9,10,12,13). The second kappa shape index (κ2) is 4.35. The molecule has 0 bridgehead atoms. The summed E-state index contributed by atoms with van der Waals surface area (Å²) in [5.74, 6) is 0.544. The molecule has 0 unspecified atom stereocenters. The average Bonchev–Trinajstić information content (AvgIpc) is 2.09. The highest BCUT2D eigenvalue weighted by atomic mass is 32.1. The Balaban J connectivity index is 3.06. The van der Waals surface area contributed by atoms with Gasteiger partial charge in [0.2, 0.25) is 0 Å². The van der Waals surface area contributed by atoms with Gasteiger partial charge in [-0.05, 0) is 12.2 Å². The molecule has 0 amide bonds. The fourth-order valence-electron chi connectivity index (χ4n) is 0.816. The Labute approximate surface area is 85.0 Å². The number of rotatable bonds is 3. The van der Waals surface area contributed by atoms with Gasteiger partial charge in [-0.1, -0.05) is 12.2 Å². The average molecular weight is 218 g/mol. The first kappa shape index (κ1) is 10.2. The quantitative estimate of drug-likeness (QED) is 0.484. The van der Waals surface area contributed by atoms with Crippen molar-refractivity contribution >= 4 is 35.9 Å². The van der Waals surface area contributed by atoms with Crippen molar-refractivity contribution in [2.45, 2.75) is 0 Å². The van der Waals surface area contributed by atoms with Crippen LogP contribution in [0.25, 0.3) is 0 Å². The van der Waals surface area contributed by atoms with Crippen LogP contribution in [0.4, 0.5) is 11.5 Å². The van der Waals surface area contributed by atoms with Crippen LogP contribution in [0, 0.1) is 9.41 Å². The number of hydrogen-bond acceptors (Lipinski definition) is 5. The summed E-state index contributed by atoms with van der Waals surface area (Å²) in [6.07, 6.45) is 0. The van der Waals surface area contributed by atoms with Gasteiger partial charge >= 0.3 is 0 Å². The number of aliphatic hydroxyl groups is 1. The molecule has 0 saturated heterocycles. The second-order valence-corrected chi connectivity index (χ2v) is 3.16. The number of aromatic amines is 2. The molecule has 72 valence electrons. The van der Waals surface area contributed by atoms with E-state index in [0.29, 0.717) is 27.5 Å². The van der Waals surface area contributed by atoms with Crippen LogP contribution in [-0.2, 0) is 0 Å². The molecule has 1 rings (SSSR count). The molecule has 1 aromatic rings. The number of aliphatic hydroxyl groups excluding tert-OH is 1. The van der Waals surface area contributed by atoms with Crippen molar-refractivity contribution in [3.8, 4) is 0 Å². The summed E-state index contributed by atoms with van der Waals surface area (Å²) in [4.78, 5) is 5.50. The highest BCUT2D eigenvalue weighted by molar-refractivity contribution is 7.72. The summed E-state index contributed by atoms with van der Waals surface area (Å²) < 4.78 is 0.795. The van der Waals surface area contributed by atoms with E-state index in [1.807, 2.05) is 0 Å². The molecular formula is C6H10N4OS2. The van der Waals surface area contributed by atoms with E-state index >= 15 is 0 Å². The Bertz CT molecular complexity index is 396. The van der Waals surface area contributed by atoms with Gasteiger partial charge in [0.05, 0.1) is 6.61 Å². The van der Waals surface area contributed by atoms with Crippen molar-refractivity contribution in [1.29, 1.82) is 0 Å². The molecule has 0 aliphatic heterocycles. The predicted octanol–water partition coefficient (Wildman–Crippen LogP) is 0.788. The number of H-pyrrole nitrogens is 2. The van der Waals surface area contributed by atoms with E-state index < -0.39 is 0 Å². The van der Waals surface area contributed by atoms with Crippen molar-refractivity contribution in [2.75, 3.05) is 24.2 Å². The summed E-state index contributed by atoms with van der Waals surface area (Å²) in [7, 11) is 0. The van der Waals surface area contributed by atoms with Gasteiger partial charge in [0.1, 0.15) is 16.1 Å². The predicted molar refractivity (Wildman–Crippen MR) is 56.8 cm³/mol. The summed E-state index contributed by atoms with van der Waals surface area (Å²) >= 11 is 9.77. The Morgan fingerprint density at radius 2 is 2.08 bits per heavy atom. The van der Waals surface area contributed by atoms with Crippen LogP contribution in [0.2, 0.25) is 0 Å². The van der Waals surface area contributed by atoms with Crippen LogP contribution in [0.5, 0.6) is 0 Å². The van der Waals surface area contributed by atoms with Gasteiger partial charge in [0.25, 0.3) is 0 Å². The van der Waals surface area contributed by atoms with Gasteiger partial charge in [-0.2, -0.15) is 0 Å². The molecule has 1 aromatic heterocycles. The summed E-state index contributed by atoms with van der Waals surface area (Å²) in [5.41, 5.74) is 6.04. The van der Waals surface area contributed by atoms with E-state index in [-0.39, 0.29) is 6.61 Å². The number of aromatic nitrogens is 2. The van der Waals surface area contributed by atoms with Crippen molar-refractivity contribution in [3.05, 3.63) is 9.41 Å². The Hall–Kier alpha value is -0.920. The topological polar surface area (TPSA) is 89.9 Å². The third kappa shape index (κ3) is 2.51. The van der Waals surface area contributed by atoms with Crippen LogP contribution >= 0.6 is 24.4 Å². The monoisotopic (exact) mass is 218 g/mol. The normalized spacial score (nSPS) is 9.92. The van der Waals surface area contributed by atoms with Crippen molar-refractivity contribution in [2.24, 2.45) is 0 Å². The molecule has 0 fully saturated rings. The van der Waals surface area contributed by atoms with E-state index in [4.69, 9.17) is 35.3 Å². The zero-order valence-electron chi connectivity index (χ0n) is 6.76. The van der Waals surface area contributed by atoms with Crippen LogP contribution in [0.15, 0.2) is 0 Å². The number of nitrogen functional groups attached to an aromatic ring is 1. The van der Waals surface area contributed by atoms with Crippen LogP contribution in [0.1, 0.15) is 0 Å². The maximum absolute atomic E-state index is 8.58. The van der Waals surface area contributed by atoms with E-state index in [0.717, 1.165) is 0 Å². The molecule has 7 heteroatoms. The lowest BCUT2D eigenvalue weighted by Gasteiger charge is -2.06. The Morgan fingerprint density at radius 1 is 1.38 bits per heavy atom. The molecule has 1 heterocycles. The molecule has 0 spiro atoms. The SMILES string of the molecule is Nc1c(NCCO)[nH]c(=S)[nH]c1=S. The second-order valence-electron chi connectivity index (χ2n) is 2.35. The third-order valence-corrected chi connectivity index (χ3v) is 1.92. The van der Waals surface area contributed by atoms with Gasteiger partial charge in [0, 0.05) is 6.54 Å². The van der Waals surface area contributed by atoms with Crippen molar-refractivity contribution < 1.29 is 5.11 Å². The van der Waals surface area contributed by atoms with E-state index in [9.17, 15) is 0 Å². The summed E-state index contributed by atoms with van der Waals surface area (Å²) in [6, 6.07) is 0. The lowest BCUT2D eigenvalue weighted by molar-refractivity contribution is 0.311. The molecule has 0 aromatic carbocycles. The van der Waals surface area contributed by atoms with Crippen molar-refractivity contribution in [3.63, 3.8) is 0 Å². The van der Waals surface area contributed by atoms with E-state index in [2.05, 4.69) is 15.3 Å². The van der Waals surface area contributed by atoms with Crippen LogP contribution in [0.3, 0.4) is 0 Å². The Morgan fingerprint density at radius 3 is 2.69 bits per heavy atom. The smallest absolute Gasteiger partial charge is 0.177 e. The maximum atomic E-state index is 8.58. The first-order valence-electron chi connectivity index (χ1n) is 3.62. The minimum Gasteiger partial charge on any atom is -0.395 e. The highest BCUT2D eigenvalue weighted by Crippen LogP contribution is 2.13. The van der Waals surface area contributed by atoms with Gasteiger partial charge < -0.3 is 26.1 Å². The summed E-state index contributed by atoms with van der Waals surface area (Å²) in [5, 5.41) is 11.4. The van der Waals surface area contributed by atoms with Crippen LogP contribution in [-0.4, -0.2) is 28.2 Å². The number of anilines is 2. The van der Waals surface area contributed by atoms with Gasteiger partial charge in [-0.3, -0.25) is 0 Å². The largest absolute Gasteiger partial charge is 0.395 e. The summed E-state index contributed by atoms with van der Waals surface area (Å²) in [6.45, 7) is 0.416. The highest BCUT2D eigenvalue weighted by Gasteiger charge is 1.99. The fourth-order valence-corrected chi connectivity index (χ4v) is 1.29.